The fraction of sp³-hybridized carbons (Fsp3) is 0.364. The van der Waals surface area contributed by atoms with Crippen LogP contribution in [0.3, 0.4) is 0 Å². The summed E-state index contributed by atoms with van der Waals surface area (Å²) in [7, 11) is 0. The lowest BCUT2D eigenvalue weighted by Gasteiger charge is -2.11. The SMILES string of the molecule is CC(=O)Nc1cc(C)ccc1SCC(F)(F)F. The molecule has 1 N–H and O–H groups in total. The first-order valence-corrected chi connectivity index (χ1v) is 5.84. The summed E-state index contributed by atoms with van der Waals surface area (Å²) >= 11 is 0.665. The highest BCUT2D eigenvalue weighted by molar-refractivity contribution is 7.99. The molecule has 0 aromatic heterocycles. The van der Waals surface area contributed by atoms with E-state index in [2.05, 4.69) is 5.32 Å². The van der Waals surface area contributed by atoms with Crippen LogP contribution in [0.5, 0.6) is 0 Å². The molecule has 0 unspecified atom stereocenters. The second kappa shape index (κ2) is 5.44. The average Bonchev–Trinajstić information content (AvgIpc) is 2.14. The molecule has 0 bridgehead atoms. The number of carbonyl (C=O) groups is 1. The van der Waals surface area contributed by atoms with Gasteiger partial charge in [-0.05, 0) is 24.6 Å². The molecule has 0 atom stereocenters. The molecule has 0 spiro atoms. The summed E-state index contributed by atoms with van der Waals surface area (Å²) < 4.78 is 36.3. The van der Waals surface area contributed by atoms with Crippen molar-refractivity contribution in [3.8, 4) is 0 Å². The van der Waals surface area contributed by atoms with E-state index in [-0.39, 0.29) is 5.91 Å². The van der Waals surface area contributed by atoms with Gasteiger partial charge in [0, 0.05) is 11.8 Å². The molecule has 2 nitrogen and oxygen atoms in total. The predicted molar refractivity (Wildman–Crippen MR) is 62.3 cm³/mol. The number of amides is 1. The molecule has 0 heterocycles. The molecule has 0 fully saturated rings. The van der Waals surface area contributed by atoms with Crippen molar-refractivity contribution < 1.29 is 18.0 Å². The Balaban J connectivity index is 2.86. The van der Waals surface area contributed by atoms with Gasteiger partial charge in [-0.15, -0.1) is 11.8 Å². The van der Waals surface area contributed by atoms with Crippen LogP contribution in [0.15, 0.2) is 23.1 Å². The van der Waals surface area contributed by atoms with Crippen molar-refractivity contribution in [1.82, 2.24) is 0 Å². The van der Waals surface area contributed by atoms with Crippen molar-refractivity contribution in [2.24, 2.45) is 0 Å². The number of carbonyl (C=O) groups excluding carboxylic acids is 1. The van der Waals surface area contributed by atoms with Crippen molar-refractivity contribution in [3.05, 3.63) is 23.8 Å². The molecule has 1 aromatic rings. The topological polar surface area (TPSA) is 29.1 Å². The highest BCUT2D eigenvalue weighted by Crippen LogP contribution is 2.32. The maximum Gasteiger partial charge on any atom is 0.398 e. The number of aryl methyl sites for hydroxylation is 1. The quantitative estimate of drug-likeness (QED) is 0.844. The standard InChI is InChI=1S/C11H12F3NOS/c1-7-3-4-10(17-6-11(12,13)14)9(5-7)15-8(2)16/h3-5H,6H2,1-2H3,(H,15,16). The lowest BCUT2D eigenvalue weighted by atomic mass is 10.2. The first-order chi connectivity index (χ1) is 7.78. The van der Waals surface area contributed by atoms with Gasteiger partial charge in [-0.25, -0.2) is 0 Å². The van der Waals surface area contributed by atoms with Gasteiger partial charge in [0.2, 0.25) is 5.91 Å². The van der Waals surface area contributed by atoms with Gasteiger partial charge in [-0.3, -0.25) is 4.79 Å². The van der Waals surface area contributed by atoms with Gasteiger partial charge >= 0.3 is 6.18 Å². The molecule has 0 aliphatic rings. The summed E-state index contributed by atoms with van der Waals surface area (Å²) in [5, 5.41) is 2.52. The molecule has 94 valence electrons. The molecule has 0 aliphatic heterocycles. The minimum atomic E-state index is -4.22. The highest BCUT2D eigenvalue weighted by atomic mass is 32.2. The number of thioether (sulfide) groups is 1. The average molecular weight is 263 g/mol. The van der Waals surface area contributed by atoms with E-state index in [4.69, 9.17) is 0 Å². The molecule has 1 aromatic carbocycles. The van der Waals surface area contributed by atoms with Crippen LogP contribution < -0.4 is 5.32 Å². The Morgan fingerprint density at radius 1 is 1.41 bits per heavy atom. The van der Waals surface area contributed by atoms with E-state index in [0.717, 1.165) is 5.56 Å². The molecule has 0 aliphatic carbocycles. The first kappa shape index (κ1) is 13.9. The van der Waals surface area contributed by atoms with E-state index < -0.39 is 11.9 Å². The molecular formula is C11H12F3NOS. The van der Waals surface area contributed by atoms with Crippen molar-refractivity contribution >= 4 is 23.4 Å². The number of hydrogen-bond donors (Lipinski definition) is 1. The maximum absolute atomic E-state index is 12.1. The molecule has 0 saturated heterocycles. The summed E-state index contributed by atoms with van der Waals surface area (Å²) in [6.07, 6.45) is -4.22. The fourth-order valence-corrected chi connectivity index (χ4v) is 1.97. The van der Waals surface area contributed by atoms with Gasteiger partial charge in [0.1, 0.15) is 0 Å². The summed E-state index contributed by atoms with van der Waals surface area (Å²) in [5.74, 6) is -1.27. The zero-order chi connectivity index (χ0) is 13.1. The van der Waals surface area contributed by atoms with E-state index in [1.54, 1.807) is 18.2 Å². The van der Waals surface area contributed by atoms with E-state index >= 15 is 0 Å². The Kier molecular flexibility index (Phi) is 4.45. The second-order valence-electron chi connectivity index (χ2n) is 3.58. The third-order valence-electron chi connectivity index (χ3n) is 1.84. The van der Waals surface area contributed by atoms with Crippen LogP contribution in [-0.2, 0) is 4.79 Å². The van der Waals surface area contributed by atoms with E-state index in [9.17, 15) is 18.0 Å². The minimum absolute atomic E-state index is 0.301. The third kappa shape index (κ3) is 5.12. The number of benzene rings is 1. The second-order valence-corrected chi connectivity index (χ2v) is 4.60. The van der Waals surface area contributed by atoms with Crippen molar-refractivity contribution in [2.75, 3.05) is 11.1 Å². The molecule has 1 rings (SSSR count). The summed E-state index contributed by atoms with van der Waals surface area (Å²) in [4.78, 5) is 11.4. The molecular weight excluding hydrogens is 251 g/mol. The zero-order valence-corrected chi connectivity index (χ0v) is 10.2. The van der Waals surface area contributed by atoms with Crippen LogP contribution in [0.4, 0.5) is 18.9 Å². The van der Waals surface area contributed by atoms with Gasteiger partial charge < -0.3 is 5.32 Å². The molecule has 0 radical (unpaired) electrons. The largest absolute Gasteiger partial charge is 0.398 e. The normalized spacial score (nSPS) is 11.4. The summed E-state index contributed by atoms with van der Waals surface area (Å²) in [5.41, 5.74) is 1.30. The van der Waals surface area contributed by atoms with Gasteiger partial charge in [0.25, 0.3) is 0 Å². The van der Waals surface area contributed by atoms with Gasteiger partial charge in [0.15, 0.2) is 0 Å². The fourth-order valence-electron chi connectivity index (χ4n) is 1.22. The molecule has 1 amide bonds. The van der Waals surface area contributed by atoms with E-state index in [1.807, 2.05) is 6.92 Å². The van der Waals surface area contributed by atoms with E-state index in [1.165, 1.54) is 6.92 Å². The maximum atomic E-state index is 12.1. The van der Waals surface area contributed by atoms with Crippen LogP contribution in [0, 0.1) is 6.92 Å². The lowest BCUT2D eigenvalue weighted by molar-refractivity contribution is -0.114. The van der Waals surface area contributed by atoms with Crippen molar-refractivity contribution in [3.63, 3.8) is 0 Å². The Hall–Kier alpha value is -1.17. The van der Waals surface area contributed by atoms with Crippen LogP contribution in [0.25, 0.3) is 0 Å². The Morgan fingerprint density at radius 2 is 2.06 bits per heavy atom. The Bertz CT molecular complexity index is 418. The smallest absolute Gasteiger partial charge is 0.325 e. The number of hydrogen-bond acceptors (Lipinski definition) is 2. The molecule has 0 saturated carbocycles. The van der Waals surface area contributed by atoms with Gasteiger partial charge in [-0.2, -0.15) is 13.2 Å². The van der Waals surface area contributed by atoms with Crippen molar-refractivity contribution in [1.29, 1.82) is 0 Å². The number of alkyl halides is 3. The Morgan fingerprint density at radius 3 is 2.59 bits per heavy atom. The van der Waals surface area contributed by atoms with Crippen LogP contribution in [-0.4, -0.2) is 17.8 Å². The number of halogens is 3. The first-order valence-electron chi connectivity index (χ1n) is 4.86. The molecule has 17 heavy (non-hydrogen) atoms. The zero-order valence-electron chi connectivity index (χ0n) is 9.39. The number of anilines is 1. The highest BCUT2D eigenvalue weighted by Gasteiger charge is 2.27. The Labute approximate surface area is 102 Å². The lowest BCUT2D eigenvalue weighted by Crippen LogP contribution is -2.12. The monoisotopic (exact) mass is 263 g/mol. The van der Waals surface area contributed by atoms with Crippen molar-refractivity contribution in [2.45, 2.75) is 24.9 Å². The van der Waals surface area contributed by atoms with Crippen LogP contribution in [0.1, 0.15) is 12.5 Å². The number of nitrogens with one attached hydrogen (secondary N) is 1. The van der Waals surface area contributed by atoms with E-state index in [0.29, 0.717) is 22.3 Å². The third-order valence-corrected chi connectivity index (χ3v) is 2.98. The predicted octanol–water partition coefficient (Wildman–Crippen LogP) is 3.61. The molecule has 6 heteroatoms. The van der Waals surface area contributed by atoms with Gasteiger partial charge in [-0.1, -0.05) is 6.07 Å². The van der Waals surface area contributed by atoms with Gasteiger partial charge in [0.05, 0.1) is 11.4 Å². The minimum Gasteiger partial charge on any atom is -0.325 e. The summed E-state index contributed by atoms with van der Waals surface area (Å²) in [6, 6.07) is 4.95. The summed E-state index contributed by atoms with van der Waals surface area (Å²) in [6.45, 7) is 3.13. The number of rotatable bonds is 3. The van der Waals surface area contributed by atoms with Crippen LogP contribution >= 0.6 is 11.8 Å². The van der Waals surface area contributed by atoms with Crippen LogP contribution in [0.2, 0.25) is 0 Å².